The highest BCUT2D eigenvalue weighted by Gasteiger charge is 2.24. The predicted octanol–water partition coefficient (Wildman–Crippen LogP) is 2.17. The highest BCUT2D eigenvalue weighted by Crippen LogP contribution is 2.35. The molecule has 1 fully saturated rings. The highest BCUT2D eigenvalue weighted by molar-refractivity contribution is 4.80. The lowest BCUT2D eigenvalue weighted by molar-refractivity contribution is 0.372. The Morgan fingerprint density at radius 1 is 1.40 bits per heavy atom. The van der Waals surface area contributed by atoms with Gasteiger partial charge in [0.05, 0.1) is 0 Å². The van der Waals surface area contributed by atoms with Crippen LogP contribution in [0.1, 0.15) is 39.5 Å². The SMILES string of the molecule is CNC(C)(C)CCC1CC1. The summed E-state index contributed by atoms with van der Waals surface area (Å²) < 4.78 is 0. The van der Waals surface area contributed by atoms with Gasteiger partial charge in [0.15, 0.2) is 0 Å². The Morgan fingerprint density at radius 2 is 2.00 bits per heavy atom. The van der Waals surface area contributed by atoms with Gasteiger partial charge in [0.2, 0.25) is 0 Å². The average molecular weight is 141 g/mol. The van der Waals surface area contributed by atoms with Crippen molar-refractivity contribution in [1.82, 2.24) is 5.32 Å². The van der Waals surface area contributed by atoms with Crippen LogP contribution in [0.15, 0.2) is 0 Å². The van der Waals surface area contributed by atoms with Crippen molar-refractivity contribution >= 4 is 0 Å². The summed E-state index contributed by atoms with van der Waals surface area (Å²) in [6.45, 7) is 4.55. The maximum atomic E-state index is 3.32. The molecule has 1 aliphatic rings. The van der Waals surface area contributed by atoms with Crippen LogP contribution in [0.2, 0.25) is 0 Å². The Labute approximate surface area is 64.2 Å². The number of hydrogen-bond donors (Lipinski definition) is 1. The van der Waals surface area contributed by atoms with Crippen molar-refractivity contribution in [2.45, 2.75) is 45.1 Å². The summed E-state index contributed by atoms with van der Waals surface area (Å²) in [4.78, 5) is 0. The standard InChI is InChI=1S/C9H19N/c1-9(2,10-3)7-6-8-4-5-8/h8,10H,4-7H2,1-3H3. The van der Waals surface area contributed by atoms with Gasteiger partial charge < -0.3 is 5.32 Å². The molecule has 0 atom stereocenters. The zero-order valence-corrected chi connectivity index (χ0v) is 7.41. The molecule has 1 nitrogen and oxygen atoms in total. The van der Waals surface area contributed by atoms with Crippen molar-refractivity contribution in [2.24, 2.45) is 5.92 Å². The summed E-state index contributed by atoms with van der Waals surface area (Å²) in [5.41, 5.74) is 0.364. The molecule has 60 valence electrons. The van der Waals surface area contributed by atoms with Crippen LogP contribution >= 0.6 is 0 Å². The first-order valence-electron chi connectivity index (χ1n) is 4.33. The first-order chi connectivity index (χ1) is 4.64. The van der Waals surface area contributed by atoms with Crippen LogP contribution in [-0.2, 0) is 0 Å². The molecule has 0 unspecified atom stereocenters. The molecular weight excluding hydrogens is 122 g/mol. The third kappa shape index (κ3) is 2.70. The molecule has 1 N–H and O–H groups in total. The summed E-state index contributed by atoms with van der Waals surface area (Å²) in [5, 5.41) is 3.32. The van der Waals surface area contributed by atoms with Gasteiger partial charge in [-0.05, 0) is 39.7 Å². The lowest BCUT2D eigenvalue weighted by Crippen LogP contribution is -2.35. The van der Waals surface area contributed by atoms with Crippen LogP contribution < -0.4 is 5.32 Å². The van der Waals surface area contributed by atoms with Gasteiger partial charge in [0.25, 0.3) is 0 Å². The molecule has 0 aromatic heterocycles. The van der Waals surface area contributed by atoms with E-state index in [4.69, 9.17) is 0 Å². The summed E-state index contributed by atoms with van der Waals surface area (Å²) in [6, 6.07) is 0. The van der Waals surface area contributed by atoms with E-state index in [9.17, 15) is 0 Å². The van der Waals surface area contributed by atoms with Gasteiger partial charge in [-0.1, -0.05) is 12.8 Å². The van der Waals surface area contributed by atoms with Crippen LogP contribution in [0, 0.1) is 5.92 Å². The summed E-state index contributed by atoms with van der Waals surface area (Å²) in [6.07, 6.45) is 5.72. The van der Waals surface area contributed by atoms with Gasteiger partial charge in [0, 0.05) is 5.54 Å². The highest BCUT2D eigenvalue weighted by atomic mass is 14.9. The van der Waals surface area contributed by atoms with E-state index in [2.05, 4.69) is 19.2 Å². The summed E-state index contributed by atoms with van der Waals surface area (Å²) in [7, 11) is 2.05. The molecule has 0 saturated heterocycles. The molecule has 0 amide bonds. The monoisotopic (exact) mass is 141 g/mol. The van der Waals surface area contributed by atoms with E-state index in [0.29, 0.717) is 5.54 Å². The topological polar surface area (TPSA) is 12.0 Å². The van der Waals surface area contributed by atoms with E-state index in [0.717, 1.165) is 5.92 Å². The molecule has 1 rings (SSSR count). The quantitative estimate of drug-likeness (QED) is 0.632. The normalized spacial score (nSPS) is 19.5. The van der Waals surface area contributed by atoms with Gasteiger partial charge in [-0.3, -0.25) is 0 Å². The molecule has 0 heterocycles. The average Bonchev–Trinajstić information content (AvgIpc) is 2.66. The molecule has 0 aliphatic heterocycles. The van der Waals surface area contributed by atoms with Crippen LogP contribution in [0.5, 0.6) is 0 Å². The Hall–Kier alpha value is -0.0400. The van der Waals surface area contributed by atoms with Crippen molar-refractivity contribution in [2.75, 3.05) is 7.05 Å². The van der Waals surface area contributed by atoms with Crippen LogP contribution in [0.4, 0.5) is 0 Å². The molecule has 1 aliphatic carbocycles. The fourth-order valence-electron chi connectivity index (χ4n) is 1.10. The Kier molecular flexibility index (Phi) is 2.35. The zero-order valence-electron chi connectivity index (χ0n) is 7.41. The molecule has 0 spiro atoms. The predicted molar refractivity (Wildman–Crippen MR) is 45.1 cm³/mol. The van der Waals surface area contributed by atoms with Crippen LogP contribution in [0.25, 0.3) is 0 Å². The van der Waals surface area contributed by atoms with E-state index in [1.807, 2.05) is 7.05 Å². The first kappa shape index (κ1) is 8.06. The Bertz CT molecular complexity index is 103. The summed E-state index contributed by atoms with van der Waals surface area (Å²) >= 11 is 0. The van der Waals surface area contributed by atoms with Crippen molar-refractivity contribution in [3.63, 3.8) is 0 Å². The third-order valence-corrected chi connectivity index (χ3v) is 2.55. The fourth-order valence-corrected chi connectivity index (χ4v) is 1.10. The molecule has 0 aromatic carbocycles. The first-order valence-corrected chi connectivity index (χ1v) is 4.33. The summed E-state index contributed by atoms with van der Waals surface area (Å²) in [5.74, 6) is 1.08. The molecule has 0 bridgehead atoms. The minimum Gasteiger partial charge on any atom is -0.315 e. The lowest BCUT2D eigenvalue weighted by atomic mass is 9.97. The van der Waals surface area contributed by atoms with Crippen molar-refractivity contribution in [3.8, 4) is 0 Å². The van der Waals surface area contributed by atoms with Crippen LogP contribution in [-0.4, -0.2) is 12.6 Å². The maximum absolute atomic E-state index is 3.32. The van der Waals surface area contributed by atoms with Crippen molar-refractivity contribution in [1.29, 1.82) is 0 Å². The smallest absolute Gasteiger partial charge is 0.0122 e. The van der Waals surface area contributed by atoms with Gasteiger partial charge in [-0.15, -0.1) is 0 Å². The molecular formula is C9H19N. The van der Waals surface area contributed by atoms with Crippen LogP contribution in [0.3, 0.4) is 0 Å². The Balaban J connectivity index is 2.09. The molecule has 1 saturated carbocycles. The maximum Gasteiger partial charge on any atom is 0.0122 e. The zero-order chi connectivity index (χ0) is 7.61. The van der Waals surface area contributed by atoms with Crippen molar-refractivity contribution < 1.29 is 0 Å². The second-order valence-electron chi connectivity index (χ2n) is 4.12. The lowest BCUT2D eigenvalue weighted by Gasteiger charge is -2.23. The van der Waals surface area contributed by atoms with E-state index in [1.165, 1.54) is 25.7 Å². The fraction of sp³-hybridized carbons (Fsp3) is 1.00. The molecule has 0 radical (unpaired) electrons. The third-order valence-electron chi connectivity index (χ3n) is 2.55. The number of nitrogens with one attached hydrogen (secondary N) is 1. The van der Waals surface area contributed by atoms with E-state index >= 15 is 0 Å². The largest absolute Gasteiger partial charge is 0.315 e. The molecule has 10 heavy (non-hydrogen) atoms. The van der Waals surface area contributed by atoms with Gasteiger partial charge in [0.1, 0.15) is 0 Å². The van der Waals surface area contributed by atoms with E-state index in [-0.39, 0.29) is 0 Å². The van der Waals surface area contributed by atoms with Gasteiger partial charge in [-0.25, -0.2) is 0 Å². The molecule has 0 aromatic rings. The second-order valence-corrected chi connectivity index (χ2v) is 4.12. The second kappa shape index (κ2) is 2.91. The van der Waals surface area contributed by atoms with E-state index < -0.39 is 0 Å². The number of rotatable bonds is 4. The van der Waals surface area contributed by atoms with Crippen molar-refractivity contribution in [3.05, 3.63) is 0 Å². The minimum absolute atomic E-state index is 0.364. The van der Waals surface area contributed by atoms with Gasteiger partial charge >= 0.3 is 0 Å². The minimum atomic E-state index is 0.364. The Morgan fingerprint density at radius 3 is 2.40 bits per heavy atom. The van der Waals surface area contributed by atoms with Gasteiger partial charge in [-0.2, -0.15) is 0 Å². The number of hydrogen-bond acceptors (Lipinski definition) is 1. The van der Waals surface area contributed by atoms with E-state index in [1.54, 1.807) is 0 Å². The molecule has 1 heteroatoms.